The molecule has 0 unspecified atom stereocenters. The summed E-state index contributed by atoms with van der Waals surface area (Å²) in [6.07, 6.45) is 5.39. The van der Waals surface area contributed by atoms with E-state index in [0.29, 0.717) is 12.0 Å². The maximum absolute atomic E-state index is 6.21. The molecular formula is C21H27NO. The van der Waals surface area contributed by atoms with E-state index in [1.165, 1.54) is 36.8 Å². The highest BCUT2D eigenvalue weighted by Crippen LogP contribution is 2.27. The van der Waals surface area contributed by atoms with E-state index >= 15 is 0 Å². The lowest BCUT2D eigenvalue weighted by Crippen LogP contribution is -2.13. The number of nitrogens with one attached hydrogen (secondary N) is 1. The van der Waals surface area contributed by atoms with Gasteiger partial charge in [0.2, 0.25) is 0 Å². The van der Waals surface area contributed by atoms with Gasteiger partial charge in [0.1, 0.15) is 5.75 Å². The van der Waals surface area contributed by atoms with Gasteiger partial charge in [0.05, 0.1) is 6.10 Å². The van der Waals surface area contributed by atoms with Gasteiger partial charge >= 0.3 is 0 Å². The number of anilines is 1. The molecule has 2 nitrogen and oxygen atoms in total. The SMILES string of the molecule is CC(C)c1ccc(NCc2ccccc2OC2CCCC2)cc1. The summed E-state index contributed by atoms with van der Waals surface area (Å²) < 4.78 is 6.21. The third kappa shape index (κ3) is 4.28. The lowest BCUT2D eigenvalue weighted by molar-refractivity contribution is 0.208. The fourth-order valence-corrected chi connectivity index (χ4v) is 3.13. The molecule has 0 saturated heterocycles. The first-order valence-electron chi connectivity index (χ1n) is 8.81. The van der Waals surface area contributed by atoms with Crippen LogP contribution in [0.1, 0.15) is 56.6 Å². The molecule has 2 aromatic rings. The van der Waals surface area contributed by atoms with Crippen LogP contribution in [-0.2, 0) is 6.54 Å². The Labute approximate surface area is 139 Å². The van der Waals surface area contributed by atoms with Gasteiger partial charge in [-0.2, -0.15) is 0 Å². The molecule has 0 atom stereocenters. The zero-order chi connectivity index (χ0) is 16.1. The highest BCUT2D eigenvalue weighted by Gasteiger charge is 2.17. The molecule has 0 heterocycles. The average Bonchev–Trinajstić information content (AvgIpc) is 3.07. The van der Waals surface area contributed by atoms with Crippen LogP contribution in [0.5, 0.6) is 5.75 Å². The van der Waals surface area contributed by atoms with Crippen molar-refractivity contribution in [3.63, 3.8) is 0 Å². The predicted octanol–water partition coefficient (Wildman–Crippen LogP) is 5.74. The molecule has 23 heavy (non-hydrogen) atoms. The van der Waals surface area contributed by atoms with Gasteiger partial charge in [0.15, 0.2) is 0 Å². The van der Waals surface area contributed by atoms with Crippen LogP contribution >= 0.6 is 0 Å². The van der Waals surface area contributed by atoms with Gasteiger partial charge in [-0.05, 0) is 55.4 Å². The van der Waals surface area contributed by atoms with Crippen LogP contribution in [0, 0.1) is 0 Å². The van der Waals surface area contributed by atoms with Crippen molar-refractivity contribution in [3.05, 3.63) is 59.7 Å². The standard InChI is InChI=1S/C21H27NO/c1-16(2)17-11-13-19(14-12-17)22-15-18-7-3-6-10-21(18)23-20-8-4-5-9-20/h3,6-7,10-14,16,20,22H,4-5,8-9,15H2,1-2H3. The Balaban J connectivity index is 1.63. The van der Waals surface area contributed by atoms with Crippen molar-refractivity contribution in [2.24, 2.45) is 0 Å². The highest BCUT2D eigenvalue weighted by molar-refractivity contribution is 5.47. The summed E-state index contributed by atoms with van der Waals surface area (Å²) in [7, 11) is 0. The average molecular weight is 309 g/mol. The van der Waals surface area contributed by atoms with E-state index in [9.17, 15) is 0 Å². The summed E-state index contributed by atoms with van der Waals surface area (Å²) >= 11 is 0. The molecule has 122 valence electrons. The zero-order valence-corrected chi connectivity index (χ0v) is 14.2. The third-order valence-electron chi connectivity index (χ3n) is 4.63. The predicted molar refractivity (Wildman–Crippen MR) is 97.2 cm³/mol. The molecule has 1 N–H and O–H groups in total. The van der Waals surface area contributed by atoms with Crippen molar-refractivity contribution in [1.82, 2.24) is 0 Å². The number of hydrogen-bond acceptors (Lipinski definition) is 2. The van der Waals surface area contributed by atoms with E-state index in [1.54, 1.807) is 0 Å². The van der Waals surface area contributed by atoms with Crippen LogP contribution < -0.4 is 10.1 Å². The van der Waals surface area contributed by atoms with Gasteiger partial charge in [-0.3, -0.25) is 0 Å². The van der Waals surface area contributed by atoms with Crippen LogP contribution in [0.15, 0.2) is 48.5 Å². The van der Waals surface area contributed by atoms with Crippen LogP contribution in [-0.4, -0.2) is 6.10 Å². The van der Waals surface area contributed by atoms with E-state index < -0.39 is 0 Å². The van der Waals surface area contributed by atoms with E-state index in [4.69, 9.17) is 4.74 Å². The molecule has 0 radical (unpaired) electrons. The number of hydrogen-bond donors (Lipinski definition) is 1. The Morgan fingerprint density at radius 1 is 1.00 bits per heavy atom. The molecule has 1 saturated carbocycles. The monoisotopic (exact) mass is 309 g/mol. The molecule has 1 aliphatic rings. The lowest BCUT2D eigenvalue weighted by Gasteiger charge is -2.17. The smallest absolute Gasteiger partial charge is 0.124 e. The molecule has 1 fully saturated rings. The van der Waals surface area contributed by atoms with Gasteiger partial charge in [-0.25, -0.2) is 0 Å². The molecule has 0 amide bonds. The summed E-state index contributed by atoms with van der Waals surface area (Å²) in [5.41, 5.74) is 3.76. The minimum atomic E-state index is 0.404. The minimum absolute atomic E-state index is 0.404. The first kappa shape index (κ1) is 15.9. The number of benzene rings is 2. The normalized spacial score (nSPS) is 15.1. The molecule has 0 aromatic heterocycles. The lowest BCUT2D eigenvalue weighted by atomic mass is 10.0. The quantitative estimate of drug-likeness (QED) is 0.734. The van der Waals surface area contributed by atoms with E-state index in [1.807, 2.05) is 0 Å². The molecule has 0 aliphatic heterocycles. The van der Waals surface area contributed by atoms with E-state index in [2.05, 4.69) is 67.7 Å². The Hall–Kier alpha value is -1.96. The second-order valence-corrected chi connectivity index (χ2v) is 6.76. The van der Waals surface area contributed by atoms with Crippen molar-refractivity contribution < 1.29 is 4.74 Å². The molecule has 3 rings (SSSR count). The van der Waals surface area contributed by atoms with Crippen molar-refractivity contribution >= 4 is 5.69 Å². The van der Waals surface area contributed by atoms with Crippen molar-refractivity contribution in [1.29, 1.82) is 0 Å². The van der Waals surface area contributed by atoms with Gasteiger partial charge in [0, 0.05) is 17.8 Å². The zero-order valence-electron chi connectivity index (χ0n) is 14.2. The topological polar surface area (TPSA) is 21.3 Å². The molecule has 1 aliphatic carbocycles. The Morgan fingerprint density at radius 2 is 1.70 bits per heavy atom. The molecule has 2 aromatic carbocycles. The minimum Gasteiger partial charge on any atom is -0.490 e. The van der Waals surface area contributed by atoms with E-state index in [-0.39, 0.29) is 0 Å². The first-order chi connectivity index (χ1) is 11.2. The number of ether oxygens (including phenoxy) is 1. The van der Waals surface area contributed by atoms with Gasteiger partial charge in [0.25, 0.3) is 0 Å². The van der Waals surface area contributed by atoms with Gasteiger partial charge < -0.3 is 10.1 Å². The van der Waals surface area contributed by atoms with Crippen molar-refractivity contribution in [2.75, 3.05) is 5.32 Å². The van der Waals surface area contributed by atoms with Crippen LogP contribution in [0.25, 0.3) is 0 Å². The molecule has 0 spiro atoms. The van der Waals surface area contributed by atoms with Crippen molar-refractivity contribution in [3.8, 4) is 5.75 Å². The first-order valence-corrected chi connectivity index (χ1v) is 8.81. The van der Waals surface area contributed by atoms with Gasteiger partial charge in [-0.1, -0.05) is 44.2 Å². The fraction of sp³-hybridized carbons (Fsp3) is 0.429. The van der Waals surface area contributed by atoms with Crippen LogP contribution in [0.2, 0.25) is 0 Å². The highest BCUT2D eigenvalue weighted by atomic mass is 16.5. The Kier molecular flexibility index (Phi) is 5.22. The summed E-state index contributed by atoms with van der Waals surface area (Å²) in [4.78, 5) is 0. The molecule has 0 bridgehead atoms. The molecule has 2 heteroatoms. The summed E-state index contributed by atoms with van der Waals surface area (Å²) in [5.74, 6) is 1.61. The fourth-order valence-electron chi connectivity index (χ4n) is 3.13. The van der Waals surface area contributed by atoms with E-state index in [0.717, 1.165) is 18.0 Å². The second-order valence-electron chi connectivity index (χ2n) is 6.76. The van der Waals surface area contributed by atoms with Gasteiger partial charge in [-0.15, -0.1) is 0 Å². The largest absolute Gasteiger partial charge is 0.490 e. The second kappa shape index (κ2) is 7.54. The summed E-state index contributed by atoms with van der Waals surface area (Å²) in [5, 5.41) is 3.51. The molecular weight excluding hydrogens is 282 g/mol. The van der Waals surface area contributed by atoms with Crippen molar-refractivity contribution in [2.45, 2.75) is 58.1 Å². The van der Waals surface area contributed by atoms with Crippen LogP contribution in [0.3, 0.4) is 0 Å². The Bertz CT molecular complexity index is 612. The van der Waals surface area contributed by atoms with Crippen LogP contribution in [0.4, 0.5) is 5.69 Å². The summed E-state index contributed by atoms with van der Waals surface area (Å²) in [6, 6.07) is 17.1. The Morgan fingerprint density at radius 3 is 2.39 bits per heavy atom. The third-order valence-corrected chi connectivity index (χ3v) is 4.63. The summed E-state index contributed by atoms with van der Waals surface area (Å²) in [6.45, 7) is 5.24. The number of rotatable bonds is 6. The maximum atomic E-state index is 6.21. The number of para-hydroxylation sites is 1. The maximum Gasteiger partial charge on any atom is 0.124 e.